The van der Waals surface area contributed by atoms with Gasteiger partial charge < -0.3 is 4.74 Å². The molecule has 2 bridgehead atoms. The number of benzene rings is 1. The molecule has 2 amide bonds. The number of carbonyl (C=O) groups excluding carboxylic acids is 4. The standard InChI is InChI=1S/C24H25NO5/c1-12-3-5-14(6-4-12)22(27)13(2)30-19(26)9-10-25-23(28)20-15-7-8-16(18-11-17(15)18)21(20)24(25)29/h3-8,13,15-18,20-21H,9-11H2,1-2H3/t13-,15-,16-,17-,18+,20+,21+/m1/s1. The average molecular weight is 407 g/mol. The van der Waals surface area contributed by atoms with Crippen molar-refractivity contribution >= 4 is 23.6 Å². The number of hydrogen-bond acceptors (Lipinski definition) is 5. The molecule has 0 radical (unpaired) electrons. The highest BCUT2D eigenvalue weighted by Crippen LogP contribution is 2.65. The molecule has 1 aromatic carbocycles. The van der Waals surface area contributed by atoms with Crippen LogP contribution < -0.4 is 0 Å². The Balaban J connectivity index is 1.18. The summed E-state index contributed by atoms with van der Waals surface area (Å²) in [6.07, 6.45) is 4.36. The Kier molecular flexibility index (Phi) is 4.42. The van der Waals surface area contributed by atoms with Gasteiger partial charge in [-0.2, -0.15) is 0 Å². The van der Waals surface area contributed by atoms with Crippen molar-refractivity contribution in [3.8, 4) is 0 Å². The maximum atomic E-state index is 12.9. The first kappa shape index (κ1) is 19.2. The number of imide groups is 1. The molecule has 6 rings (SSSR count). The van der Waals surface area contributed by atoms with Crippen molar-refractivity contribution in [2.75, 3.05) is 6.54 Å². The molecule has 0 aromatic heterocycles. The van der Waals surface area contributed by atoms with E-state index in [1.165, 1.54) is 11.8 Å². The van der Waals surface area contributed by atoms with Gasteiger partial charge in [-0.3, -0.25) is 24.1 Å². The molecule has 7 atom stereocenters. The molecular formula is C24H25NO5. The second-order valence-corrected chi connectivity index (χ2v) is 9.10. The molecule has 0 unspecified atom stereocenters. The zero-order chi connectivity index (χ0) is 21.2. The van der Waals surface area contributed by atoms with Crippen LogP contribution in [0, 0.1) is 42.4 Å². The quantitative estimate of drug-likeness (QED) is 0.313. The highest BCUT2D eigenvalue weighted by atomic mass is 16.5. The third kappa shape index (κ3) is 2.92. The number of likely N-dealkylation sites (tertiary alicyclic amines) is 1. The first-order valence-corrected chi connectivity index (χ1v) is 10.7. The van der Waals surface area contributed by atoms with Gasteiger partial charge in [0, 0.05) is 12.1 Å². The summed E-state index contributed by atoms with van der Waals surface area (Å²) in [5.74, 6) is -0.211. The summed E-state index contributed by atoms with van der Waals surface area (Å²) in [4.78, 5) is 51.8. The first-order chi connectivity index (χ1) is 14.4. The molecule has 4 aliphatic carbocycles. The van der Waals surface area contributed by atoms with Crippen LogP contribution in [-0.2, 0) is 19.1 Å². The molecule has 3 fully saturated rings. The SMILES string of the molecule is Cc1ccc(C(=O)[C@@H](C)OC(=O)CCN2C(=O)[C@H]3[C@@H]4C=C[C@H]([C@@H]5C[C@H]45)[C@@H]3C2=O)cc1. The van der Waals surface area contributed by atoms with E-state index in [4.69, 9.17) is 4.74 Å². The van der Waals surface area contributed by atoms with Crippen LogP contribution in [0.5, 0.6) is 0 Å². The molecule has 6 nitrogen and oxygen atoms in total. The van der Waals surface area contributed by atoms with Crippen LogP contribution in [0.25, 0.3) is 0 Å². The summed E-state index contributed by atoms with van der Waals surface area (Å²) in [5, 5.41) is 0. The fourth-order valence-electron chi connectivity index (χ4n) is 5.70. The Morgan fingerprint density at radius 3 is 2.17 bits per heavy atom. The Hall–Kier alpha value is -2.76. The van der Waals surface area contributed by atoms with E-state index in [1.807, 2.05) is 19.1 Å². The zero-order valence-corrected chi connectivity index (χ0v) is 17.1. The van der Waals surface area contributed by atoms with Crippen LogP contribution >= 0.6 is 0 Å². The minimum Gasteiger partial charge on any atom is -0.454 e. The van der Waals surface area contributed by atoms with Gasteiger partial charge in [0.05, 0.1) is 18.3 Å². The van der Waals surface area contributed by atoms with Crippen LogP contribution in [0.4, 0.5) is 0 Å². The van der Waals surface area contributed by atoms with Gasteiger partial charge in [0.1, 0.15) is 0 Å². The lowest BCUT2D eigenvalue weighted by molar-refractivity contribution is -0.148. The Bertz CT molecular complexity index is 928. The first-order valence-electron chi connectivity index (χ1n) is 10.7. The maximum absolute atomic E-state index is 12.9. The summed E-state index contributed by atoms with van der Waals surface area (Å²) >= 11 is 0. The number of aryl methyl sites for hydroxylation is 1. The lowest BCUT2D eigenvalue weighted by atomic mass is 9.63. The van der Waals surface area contributed by atoms with Crippen molar-refractivity contribution in [2.24, 2.45) is 35.5 Å². The largest absolute Gasteiger partial charge is 0.454 e. The number of esters is 1. The predicted octanol–water partition coefficient (Wildman–Crippen LogP) is 2.55. The fourth-order valence-corrected chi connectivity index (χ4v) is 5.70. The van der Waals surface area contributed by atoms with E-state index in [2.05, 4.69) is 12.2 Å². The number of amides is 2. The summed E-state index contributed by atoms with van der Waals surface area (Å²) in [6.45, 7) is 3.49. The lowest BCUT2D eigenvalue weighted by Gasteiger charge is -2.37. The van der Waals surface area contributed by atoms with Crippen molar-refractivity contribution in [3.05, 3.63) is 47.5 Å². The minimum atomic E-state index is -0.917. The Morgan fingerprint density at radius 2 is 1.60 bits per heavy atom. The summed E-state index contributed by atoms with van der Waals surface area (Å²) in [5.41, 5.74) is 1.52. The van der Waals surface area contributed by atoms with Crippen LogP contribution in [0.15, 0.2) is 36.4 Å². The van der Waals surface area contributed by atoms with Crippen molar-refractivity contribution < 1.29 is 23.9 Å². The molecule has 1 aliphatic heterocycles. The number of Topliss-reactive ketones (excluding diaryl/α,β-unsaturated/α-hetero) is 1. The van der Waals surface area contributed by atoms with E-state index in [0.29, 0.717) is 17.4 Å². The molecule has 0 N–H and O–H groups in total. The van der Waals surface area contributed by atoms with E-state index in [0.717, 1.165) is 12.0 Å². The number of allylic oxidation sites excluding steroid dienone is 2. The monoisotopic (exact) mass is 407 g/mol. The van der Waals surface area contributed by atoms with E-state index in [9.17, 15) is 19.2 Å². The smallest absolute Gasteiger partial charge is 0.308 e. The van der Waals surface area contributed by atoms with Crippen LogP contribution in [0.1, 0.15) is 35.7 Å². The number of ether oxygens (including phenoxy) is 1. The number of hydrogen-bond donors (Lipinski definition) is 0. The molecule has 156 valence electrons. The van der Waals surface area contributed by atoms with Crippen LogP contribution in [0.3, 0.4) is 0 Å². The molecule has 6 heteroatoms. The highest BCUT2D eigenvalue weighted by Gasteiger charge is 2.66. The molecular weight excluding hydrogens is 382 g/mol. The topological polar surface area (TPSA) is 80.8 Å². The Labute approximate surface area is 175 Å². The normalized spacial score (nSPS) is 33.9. The van der Waals surface area contributed by atoms with Gasteiger partial charge in [0.2, 0.25) is 17.6 Å². The lowest BCUT2D eigenvalue weighted by Crippen LogP contribution is -2.40. The number of carbonyl (C=O) groups is 4. The molecule has 1 heterocycles. The third-order valence-corrected chi connectivity index (χ3v) is 7.31. The van der Waals surface area contributed by atoms with Gasteiger partial charge in [-0.15, -0.1) is 0 Å². The second kappa shape index (κ2) is 6.89. The van der Waals surface area contributed by atoms with Crippen LogP contribution in [-0.4, -0.2) is 41.1 Å². The molecule has 1 aromatic rings. The van der Waals surface area contributed by atoms with Crippen molar-refractivity contribution in [2.45, 2.75) is 32.8 Å². The van der Waals surface area contributed by atoms with Crippen LogP contribution in [0.2, 0.25) is 0 Å². The minimum absolute atomic E-state index is 0.0176. The van der Waals surface area contributed by atoms with Gasteiger partial charge >= 0.3 is 5.97 Å². The van der Waals surface area contributed by atoms with Crippen molar-refractivity contribution in [3.63, 3.8) is 0 Å². The third-order valence-electron chi connectivity index (χ3n) is 7.31. The van der Waals surface area contributed by atoms with E-state index < -0.39 is 12.1 Å². The molecule has 0 spiro atoms. The maximum Gasteiger partial charge on any atom is 0.308 e. The summed E-state index contributed by atoms with van der Waals surface area (Å²) < 4.78 is 5.27. The predicted molar refractivity (Wildman–Crippen MR) is 107 cm³/mol. The van der Waals surface area contributed by atoms with Crippen molar-refractivity contribution in [1.29, 1.82) is 0 Å². The summed E-state index contributed by atoms with van der Waals surface area (Å²) in [7, 11) is 0. The van der Waals surface area contributed by atoms with E-state index >= 15 is 0 Å². The number of nitrogens with zero attached hydrogens (tertiary/aromatic N) is 1. The number of ketones is 1. The van der Waals surface area contributed by atoms with Gasteiger partial charge in [0.15, 0.2) is 6.10 Å². The summed E-state index contributed by atoms with van der Waals surface area (Å²) in [6, 6.07) is 7.08. The Morgan fingerprint density at radius 1 is 1.03 bits per heavy atom. The van der Waals surface area contributed by atoms with Crippen molar-refractivity contribution in [1.82, 2.24) is 4.90 Å². The molecule has 30 heavy (non-hydrogen) atoms. The van der Waals surface area contributed by atoms with Gasteiger partial charge in [0.25, 0.3) is 0 Å². The van der Waals surface area contributed by atoms with E-state index in [-0.39, 0.29) is 54.2 Å². The fraction of sp³-hybridized carbons (Fsp3) is 0.500. The molecule has 2 saturated carbocycles. The van der Waals surface area contributed by atoms with Gasteiger partial charge in [-0.25, -0.2) is 0 Å². The van der Waals surface area contributed by atoms with Gasteiger partial charge in [-0.1, -0.05) is 42.0 Å². The molecule has 5 aliphatic rings. The van der Waals surface area contributed by atoms with E-state index in [1.54, 1.807) is 12.1 Å². The molecule has 1 saturated heterocycles. The highest BCUT2D eigenvalue weighted by molar-refractivity contribution is 6.06. The van der Waals surface area contributed by atoms with Gasteiger partial charge in [-0.05, 0) is 43.9 Å². The second-order valence-electron chi connectivity index (χ2n) is 9.10. The zero-order valence-electron chi connectivity index (χ0n) is 17.1. The average Bonchev–Trinajstić information content (AvgIpc) is 3.51. The number of rotatable bonds is 6.